The topological polar surface area (TPSA) is 94.8 Å². The molecule has 0 saturated carbocycles. The number of aliphatic hydroxyl groups is 1. The van der Waals surface area contributed by atoms with E-state index in [4.69, 9.17) is 0 Å². The molecule has 6 rings (SSSR count). The first-order valence-corrected chi connectivity index (χ1v) is 11.9. The number of carbonyl (C=O) groups is 1. The van der Waals surface area contributed by atoms with E-state index >= 15 is 0 Å². The minimum Gasteiger partial charge on any atom is -0.393 e. The van der Waals surface area contributed by atoms with Crippen LogP contribution in [0.15, 0.2) is 55.0 Å². The largest absolute Gasteiger partial charge is 0.417 e. The van der Waals surface area contributed by atoms with Crippen LogP contribution < -0.4 is 15.5 Å². The Labute approximate surface area is 209 Å². The smallest absolute Gasteiger partial charge is 0.393 e. The van der Waals surface area contributed by atoms with Gasteiger partial charge >= 0.3 is 6.18 Å². The van der Waals surface area contributed by atoms with Gasteiger partial charge in [-0.1, -0.05) is 6.07 Å². The number of imidazole rings is 1. The average Bonchev–Trinajstić information content (AvgIpc) is 3.49. The van der Waals surface area contributed by atoms with Crippen LogP contribution in [0.2, 0.25) is 0 Å². The van der Waals surface area contributed by atoms with Crippen molar-refractivity contribution in [1.29, 1.82) is 0 Å². The van der Waals surface area contributed by atoms with Crippen LogP contribution in [0.1, 0.15) is 34.3 Å². The average molecular weight is 509 g/mol. The van der Waals surface area contributed by atoms with Crippen molar-refractivity contribution < 1.29 is 23.1 Å². The van der Waals surface area contributed by atoms with Crippen molar-refractivity contribution >= 4 is 28.7 Å². The van der Waals surface area contributed by atoms with E-state index in [0.717, 1.165) is 43.9 Å². The number of aliphatic hydroxyl groups excluding tert-OH is 1. The lowest BCUT2D eigenvalue weighted by Crippen LogP contribution is -2.35. The van der Waals surface area contributed by atoms with Gasteiger partial charge in [-0.3, -0.25) is 9.20 Å². The highest BCUT2D eigenvalue weighted by Crippen LogP contribution is 2.36. The molecule has 190 valence electrons. The minimum absolute atomic E-state index is 0.248. The quantitative estimate of drug-likeness (QED) is 0.379. The molecule has 11 heteroatoms. The van der Waals surface area contributed by atoms with Gasteiger partial charge in [0.15, 0.2) is 0 Å². The highest BCUT2D eigenvalue weighted by atomic mass is 19.4. The third-order valence-corrected chi connectivity index (χ3v) is 6.91. The van der Waals surface area contributed by atoms with Gasteiger partial charge < -0.3 is 20.6 Å². The van der Waals surface area contributed by atoms with Crippen molar-refractivity contribution in [3.05, 3.63) is 71.7 Å². The van der Waals surface area contributed by atoms with Gasteiger partial charge in [-0.05, 0) is 48.7 Å². The van der Waals surface area contributed by atoms with E-state index in [9.17, 15) is 23.1 Å². The molecule has 3 aromatic heterocycles. The summed E-state index contributed by atoms with van der Waals surface area (Å²) in [6.07, 6.45) is 0.991. The molecule has 1 saturated heterocycles. The number of hydrogen-bond donors (Lipinski definition) is 3. The fraction of sp³-hybridized carbons (Fsp3) is 0.269. The zero-order valence-corrected chi connectivity index (χ0v) is 19.6. The Morgan fingerprint density at radius 3 is 2.57 bits per heavy atom. The predicted octanol–water partition coefficient (Wildman–Crippen LogP) is 4.36. The van der Waals surface area contributed by atoms with E-state index in [2.05, 4.69) is 25.5 Å². The summed E-state index contributed by atoms with van der Waals surface area (Å²) in [5.74, 6) is 0.285. The van der Waals surface area contributed by atoms with Gasteiger partial charge in [-0.25, -0.2) is 9.97 Å². The fourth-order valence-corrected chi connectivity index (χ4v) is 4.95. The Bertz CT molecular complexity index is 1490. The number of pyridine rings is 2. The molecule has 37 heavy (non-hydrogen) atoms. The molecule has 0 atom stereocenters. The lowest BCUT2D eigenvalue weighted by atomic mass is 9.99. The molecule has 4 aromatic rings. The summed E-state index contributed by atoms with van der Waals surface area (Å²) in [6.45, 7) is 1.77. The number of piperidine rings is 1. The molecule has 1 amide bonds. The number of carbonyl (C=O) groups excluding carboxylic acids is 1. The number of alkyl halides is 3. The van der Waals surface area contributed by atoms with Crippen LogP contribution >= 0.6 is 0 Å². The molecule has 1 aromatic carbocycles. The highest BCUT2D eigenvalue weighted by Gasteiger charge is 2.32. The summed E-state index contributed by atoms with van der Waals surface area (Å²) in [6, 6.07) is 9.61. The maximum atomic E-state index is 13.3. The number of fused-ring (bicyclic) bond motifs is 2. The van der Waals surface area contributed by atoms with Gasteiger partial charge in [0, 0.05) is 31.4 Å². The van der Waals surface area contributed by atoms with Gasteiger partial charge in [0.2, 0.25) is 0 Å². The third-order valence-electron chi connectivity index (χ3n) is 6.91. The van der Waals surface area contributed by atoms with Gasteiger partial charge in [0.1, 0.15) is 11.5 Å². The molecule has 1 fully saturated rings. The van der Waals surface area contributed by atoms with E-state index in [1.165, 1.54) is 16.7 Å². The number of hydrogen-bond acceptors (Lipinski definition) is 6. The predicted molar refractivity (Wildman–Crippen MR) is 132 cm³/mol. The van der Waals surface area contributed by atoms with Crippen molar-refractivity contribution in [2.45, 2.75) is 31.7 Å². The van der Waals surface area contributed by atoms with Gasteiger partial charge in [0.05, 0.1) is 46.7 Å². The van der Waals surface area contributed by atoms with Crippen molar-refractivity contribution in [3.63, 3.8) is 0 Å². The first kappa shape index (κ1) is 23.3. The molecule has 5 heterocycles. The van der Waals surface area contributed by atoms with E-state index in [1.54, 1.807) is 18.3 Å². The molecule has 8 nitrogen and oxygen atoms in total. The Balaban J connectivity index is 1.32. The number of halogens is 3. The van der Waals surface area contributed by atoms with Crippen molar-refractivity contribution in [2.24, 2.45) is 0 Å². The summed E-state index contributed by atoms with van der Waals surface area (Å²) >= 11 is 0. The summed E-state index contributed by atoms with van der Waals surface area (Å²) in [4.78, 5) is 23.7. The Morgan fingerprint density at radius 1 is 1.03 bits per heavy atom. The Hall–Kier alpha value is -4.12. The number of nitrogens with one attached hydrogen (secondary N) is 2. The van der Waals surface area contributed by atoms with E-state index in [0.29, 0.717) is 39.5 Å². The molecule has 3 N–H and O–H groups in total. The van der Waals surface area contributed by atoms with E-state index in [-0.39, 0.29) is 18.6 Å². The lowest BCUT2D eigenvalue weighted by molar-refractivity contribution is -0.137. The summed E-state index contributed by atoms with van der Waals surface area (Å²) in [5, 5.41) is 15.7. The maximum absolute atomic E-state index is 13.3. The Morgan fingerprint density at radius 2 is 1.84 bits per heavy atom. The molecule has 0 spiro atoms. The van der Waals surface area contributed by atoms with Crippen LogP contribution in [-0.4, -0.2) is 44.6 Å². The minimum atomic E-state index is -4.49. The van der Waals surface area contributed by atoms with Crippen molar-refractivity contribution in [1.82, 2.24) is 19.7 Å². The standard InChI is InChI=1S/C26H23F3N6O2/c27-26(28,29)15-1-6-23-31-13-21(35(23)14-15)18-3-4-20(24-19(18)12-32-25(24)37)33-22-5-2-16(11-30-22)34-9-7-17(36)8-10-34/h1-6,11,13-14,17,36H,7-10,12H2,(H,30,33)(H,32,37). The van der Waals surface area contributed by atoms with E-state index in [1.807, 2.05) is 12.1 Å². The van der Waals surface area contributed by atoms with Crippen LogP contribution in [0.3, 0.4) is 0 Å². The SMILES string of the molecule is O=C1NCc2c(-c3cnc4ccc(C(F)(F)F)cn34)ccc(Nc3ccc(N4CCC(O)CC4)cn3)c21. The molecular weight excluding hydrogens is 485 g/mol. The zero-order valence-electron chi connectivity index (χ0n) is 19.6. The molecule has 2 aliphatic heterocycles. The number of aromatic nitrogens is 3. The van der Waals surface area contributed by atoms with Gasteiger partial charge in [-0.2, -0.15) is 13.2 Å². The second-order valence-electron chi connectivity index (χ2n) is 9.23. The zero-order chi connectivity index (χ0) is 25.7. The number of nitrogens with zero attached hydrogens (tertiary/aromatic N) is 4. The second-order valence-corrected chi connectivity index (χ2v) is 9.23. The number of benzene rings is 1. The maximum Gasteiger partial charge on any atom is 0.417 e. The molecule has 0 bridgehead atoms. The number of anilines is 3. The van der Waals surface area contributed by atoms with Crippen LogP contribution in [0, 0.1) is 0 Å². The fourth-order valence-electron chi connectivity index (χ4n) is 4.95. The summed E-state index contributed by atoms with van der Waals surface area (Å²) in [7, 11) is 0. The molecule has 0 aliphatic carbocycles. The van der Waals surface area contributed by atoms with E-state index < -0.39 is 11.7 Å². The van der Waals surface area contributed by atoms with Gasteiger partial charge in [-0.15, -0.1) is 0 Å². The highest BCUT2D eigenvalue weighted by molar-refractivity contribution is 6.06. The van der Waals surface area contributed by atoms with Crippen LogP contribution in [0.5, 0.6) is 0 Å². The second kappa shape index (κ2) is 8.77. The van der Waals surface area contributed by atoms with Crippen LogP contribution in [0.25, 0.3) is 16.9 Å². The number of rotatable bonds is 4. The summed E-state index contributed by atoms with van der Waals surface area (Å²) in [5.41, 5.74) is 3.31. The normalized spacial score (nSPS) is 16.2. The van der Waals surface area contributed by atoms with Crippen molar-refractivity contribution in [3.8, 4) is 11.3 Å². The lowest BCUT2D eigenvalue weighted by Gasteiger charge is -2.31. The van der Waals surface area contributed by atoms with Gasteiger partial charge in [0.25, 0.3) is 5.91 Å². The van der Waals surface area contributed by atoms with Crippen LogP contribution in [-0.2, 0) is 12.7 Å². The van der Waals surface area contributed by atoms with Crippen molar-refractivity contribution in [2.75, 3.05) is 23.3 Å². The molecule has 2 aliphatic rings. The third kappa shape index (κ3) is 4.25. The summed E-state index contributed by atoms with van der Waals surface area (Å²) < 4.78 is 41.4. The Kier molecular flexibility index (Phi) is 5.52. The molecular formula is C26H23F3N6O2. The molecule has 0 radical (unpaired) electrons. The molecule has 0 unspecified atom stereocenters. The monoisotopic (exact) mass is 508 g/mol. The number of amides is 1. The first-order chi connectivity index (χ1) is 17.8. The first-order valence-electron chi connectivity index (χ1n) is 11.9. The van der Waals surface area contributed by atoms with Crippen LogP contribution in [0.4, 0.5) is 30.4 Å².